The third-order valence-electron chi connectivity index (χ3n) is 5.27. The quantitative estimate of drug-likeness (QED) is 0.424. The molecule has 0 saturated carbocycles. The normalized spacial score (nSPS) is 12.2. The van der Waals surface area contributed by atoms with Crippen LogP contribution in [0.3, 0.4) is 0 Å². The fourth-order valence-corrected chi connectivity index (χ4v) is 3.42. The van der Waals surface area contributed by atoms with E-state index in [1.54, 1.807) is 54.7 Å². The van der Waals surface area contributed by atoms with Crippen molar-refractivity contribution in [1.29, 1.82) is 5.26 Å². The van der Waals surface area contributed by atoms with Crippen molar-refractivity contribution in [3.63, 3.8) is 0 Å². The number of nitrogens with zero attached hydrogens (tertiary/aromatic N) is 2. The number of para-hydroxylation sites is 1. The Hall–Kier alpha value is -4.47. The van der Waals surface area contributed by atoms with Gasteiger partial charge in [-0.15, -0.1) is 0 Å². The summed E-state index contributed by atoms with van der Waals surface area (Å²) >= 11 is 0. The maximum Gasteiger partial charge on any atom is 0.335 e. The Morgan fingerprint density at radius 3 is 2.52 bits per heavy atom. The Kier molecular flexibility index (Phi) is 6.44. The summed E-state index contributed by atoms with van der Waals surface area (Å²) in [5.41, 5.74) is 10.7. The van der Waals surface area contributed by atoms with Crippen LogP contribution in [0.15, 0.2) is 90.6 Å². The number of nitrogens with two attached hydrogens (primary N) is 1. The Labute approximate surface area is 191 Å². The first-order valence-corrected chi connectivity index (χ1v) is 10.3. The number of fused-ring (bicyclic) bond motifs is 1. The summed E-state index contributed by atoms with van der Waals surface area (Å²) in [6.45, 7) is 0.209. The number of carboxylic acids is 1. The number of carboxylic acid groups (broad SMARTS) is 1. The molecule has 0 aliphatic heterocycles. The Bertz CT molecular complexity index is 1350. The van der Waals surface area contributed by atoms with Gasteiger partial charge in [-0.2, -0.15) is 5.26 Å². The number of aromatic nitrogens is 1. The maximum atomic E-state index is 11.2. The first-order chi connectivity index (χ1) is 16.0. The van der Waals surface area contributed by atoms with Gasteiger partial charge in [0.15, 0.2) is 0 Å². The number of aromatic carboxylic acids is 1. The molecule has 0 aliphatic rings. The van der Waals surface area contributed by atoms with Crippen molar-refractivity contribution in [2.75, 3.05) is 6.61 Å². The van der Waals surface area contributed by atoms with E-state index < -0.39 is 12.0 Å². The number of nitriles is 1. The van der Waals surface area contributed by atoms with Crippen LogP contribution >= 0.6 is 0 Å². The molecule has 4 aromatic rings. The summed E-state index contributed by atoms with van der Waals surface area (Å²) in [5, 5.41) is 19.1. The maximum absolute atomic E-state index is 11.2. The van der Waals surface area contributed by atoms with E-state index in [9.17, 15) is 4.79 Å². The monoisotopic (exact) mass is 435 g/mol. The van der Waals surface area contributed by atoms with Gasteiger partial charge < -0.3 is 15.6 Å². The van der Waals surface area contributed by atoms with Crippen LogP contribution in [-0.4, -0.2) is 22.7 Å². The molecule has 3 N–H and O–H groups in total. The average molecular weight is 435 g/mol. The molecule has 0 radical (unpaired) electrons. The minimum absolute atomic E-state index is 0.209. The lowest BCUT2D eigenvalue weighted by Crippen LogP contribution is -2.18. The third kappa shape index (κ3) is 5.24. The van der Waals surface area contributed by atoms with Crippen molar-refractivity contribution in [2.24, 2.45) is 5.73 Å². The van der Waals surface area contributed by atoms with Gasteiger partial charge in [-0.25, -0.2) is 4.79 Å². The van der Waals surface area contributed by atoms with Gasteiger partial charge in [0.05, 0.1) is 28.8 Å². The molecular formula is C27H21N3O3. The molecule has 0 fully saturated rings. The van der Waals surface area contributed by atoms with Gasteiger partial charge in [-0.3, -0.25) is 4.98 Å². The lowest BCUT2D eigenvalue weighted by molar-refractivity contribution is 0.0697. The zero-order valence-electron chi connectivity index (χ0n) is 17.7. The van der Waals surface area contributed by atoms with Gasteiger partial charge >= 0.3 is 5.97 Å². The van der Waals surface area contributed by atoms with Crippen LogP contribution in [-0.2, 0) is 0 Å². The second kappa shape index (κ2) is 9.77. The van der Waals surface area contributed by atoms with Crippen LogP contribution in [0.25, 0.3) is 17.0 Å². The fraction of sp³-hybridized carbons (Fsp3) is 0.0741. The molecule has 0 spiro atoms. The van der Waals surface area contributed by atoms with Gasteiger partial charge in [0.2, 0.25) is 0 Å². The topological polar surface area (TPSA) is 109 Å². The van der Waals surface area contributed by atoms with E-state index in [2.05, 4.69) is 11.1 Å². The van der Waals surface area contributed by atoms with Gasteiger partial charge in [0.25, 0.3) is 0 Å². The SMILES string of the molecule is N#Cc1ccc(OC/C(=C\c2ccc(C(=O)O)cc2)C(N)c2cnc3ccccc3c2)cc1. The van der Waals surface area contributed by atoms with Crippen molar-refractivity contribution >= 4 is 22.9 Å². The first-order valence-electron chi connectivity index (χ1n) is 10.3. The summed E-state index contributed by atoms with van der Waals surface area (Å²) in [6, 6.07) is 24.9. The molecule has 3 aromatic carbocycles. The largest absolute Gasteiger partial charge is 0.489 e. The van der Waals surface area contributed by atoms with Crippen molar-refractivity contribution in [2.45, 2.75) is 6.04 Å². The Balaban J connectivity index is 1.65. The summed E-state index contributed by atoms with van der Waals surface area (Å²) < 4.78 is 5.96. The van der Waals surface area contributed by atoms with Crippen LogP contribution < -0.4 is 10.5 Å². The molecule has 0 bridgehead atoms. The highest BCUT2D eigenvalue weighted by atomic mass is 16.5. The molecule has 6 nitrogen and oxygen atoms in total. The van der Waals surface area contributed by atoms with E-state index >= 15 is 0 Å². The van der Waals surface area contributed by atoms with Crippen LogP contribution in [0.2, 0.25) is 0 Å². The molecule has 1 aromatic heterocycles. The number of hydrogen-bond donors (Lipinski definition) is 2. The van der Waals surface area contributed by atoms with E-state index in [4.69, 9.17) is 20.8 Å². The molecule has 162 valence electrons. The summed E-state index contributed by atoms with van der Waals surface area (Å²) in [4.78, 5) is 15.7. The molecular weight excluding hydrogens is 414 g/mol. The number of rotatable bonds is 7. The summed E-state index contributed by atoms with van der Waals surface area (Å²) in [5.74, 6) is -0.362. The van der Waals surface area contributed by atoms with Gasteiger partial charge in [0.1, 0.15) is 12.4 Å². The molecule has 0 aliphatic carbocycles. The minimum Gasteiger partial charge on any atom is -0.489 e. The highest BCUT2D eigenvalue weighted by Crippen LogP contribution is 2.25. The van der Waals surface area contributed by atoms with Gasteiger partial charge in [0, 0.05) is 11.6 Å². The molecule has 6 heteroatoms. The number of carbonyl (C=O) groups is 1. The van der Waals surface area contributed by atoms with Crippen molar-refractivity contribution in [1.82, 2.24) is 4.98 Å². The number of hydrogen-bond acceptors (Lipinski definition) is 5. The molecule has 0 saturated heterocycles. The van der Waals surface area contributed by atoms with Crippen molar-refractivity contribution < 1.29 is 14.6 Å². The van der Waals surface area contributed by atoms with E-state index in [0.717, 1.165) is 27.6 Å². The molecule has 1 heterocycles. The number of pyridine rings is 1. The zero-order valence-corrected chi connectivity index (χ0v) is 17.7. The zero-order chi connectivity index (χ0) is 23.2. The molecule has 0 amide bonds. The van der Waals surface area contributed by atoms with Gasteiger partial charge in [-0.05, 0) is 65.2 Å². The predicted molar refractivity (Wildman–Crippen MR) is 127 cm³/mol. The highest BCUT2D eigenvalue weighted by Gasteiger charge is 2.15. The first kappa shape index (κ1) is 21.8. The van der Waals surface area contributed by atoms with Crippen LogP contribution in [0.5, 0.6) is 5.75 Å². The second-order valence-corrected chi connectivity index (χ2v) is 7.51. The van der Waals surface area contributed by atoms with Crippen LogP contribution in [0.4, 0.5) is 0 Å². The minimum atomic E-state index is -0.978. The predicted octanol–water partition coefficient (Wildman–Crippen LogP) is 4.97. The smallest absolute Gasteiger partial charge is 0.335 e. The molecule has 33 heavy (non-hydrogen) atoms. The number of benzene rings is 3. The van der Waals surface area contributed by atoms with E-state index in [1.165, 1.54) is 0 Å². The number of ether oxygens (including phenoxy) is 1. The lowest BCUT2D eigenvalue weighted by Gasteiger charge is -2.18. The average Bonchev–Trinajstić information content (AvgIpc) is 2.86. The molecule has 1 atom stereocenters. The Morgan fingerprint density at radius 1 is 1.09 bits per heavy atom. The van der Waals surface area contributed by atoms with Crippen LogP contribution in [0.1, 0.15) is 33.1 Å². The third-order valence-corrected chi connectivity index (χ3v) is 5.27. The molecule has 4 rings (SSSR count). The highest BCUT2D eigenvalue weighted by molar-refractivity contribution is 5.87. The van der Waals surface area contributed by atoms with Crippen molar-refractivity contribution in [3.05, 3.63) is 113 Å². The Morgan fingerprint density at radius 2 is 1.82 bits per heavy atom. The van der Waals surface area contributed by atoms with E-state index in [0.29, 0.717) is 11.3 Å². The van der Waals surface area contributed by atoms with E-state index in [1.807, 2.05) is 36.4 Å². The van der Waals surface area contributed by atoms with Crippen LogP contribution in [0, 0.1) is 11.3 Å². The molecule has 1 unspecified atom stereocenters. The summed E-state index contributed by atoms with van der Waals surface area (Å²) in [6.07, 6.45) is 3.66. The van der Waals surface area contributed by atoms with E-state index in [-0.39, 0.29) is 12.2 Å². The van der Waals surface area contributed by atoms with Gasteiger partial charge in [-0.1, -0.05) is 36.4 Å². The summed E-state index contributed by atoms with van der Waals surface area (Å²) in [7, 11) is 0. The fourth-order valence-electron chi connectivity index (χ4n) is 3.42. The lowest BCUT2D eigenvalue weighted by atomic mass is 9.97. The second-order valence-electron chi connectivity index (χ2n) is 7.51. The standard InChI is InChI=1S/C27H21N3O3/c28-15-19-7-11-24(12-8-19)33-17-23(13-18-5-9-20(10-6-18)27(31)32)26(29)22-14-21-3-1-2-4-25(21)30-16-22/h1-14,16,26H,17,29H2,(H,31,32)/b23-13+. The van der Waals surface area contributed by atoms with Crippen molar-refractivity contribution in [3.8, 4) is 11.8 Å².